The van der Waals surface area contributed by atoms with Gasteiger partial charge in [0.2, 0.25) is 5.91 Å². The van der Waals surface area contributed by atoms with Crippen LogP contribution in [0.25, 0.3) is 0 Å². The Morgan fingerprint density at radius 3 is 2.72 bits per heavy atom. The lowest BCUT2D eigenvalue weighted by atomic mass is 10.1. The van der Waals surface area contributed by atoms with E-state index in [1.54, 1.807) is 11.9 Å². The second-order valence-corrected chi connectivity index (χ2v) is 4.83. The Morgan fingerprint density at radius 1 is 1.50 bits per heavy atom. The molecule has 0 aliphatic heterocycles. The smallest absolute Gasteiger partial charge is 0.222 e. The van der Waals surface area contributed by atoms with Crippen LogP contribution in [0.3, 0.4) is 0 Å². The van der Waals surface area contributed by atoms with Crippen molar-refractivity contribution in [3.8, 4) is 0 Å². The zero-order valence-electron chi connectivity index (χ0n) is 10.7. The molecule has 1 rings (SSSR count). The van der Waals surface area contributed by atoms with E-state index in [0.29, 0.717) is 18.0 Å². The lowest BCUT2D eigenvalue weighted by Crippen LogP contribution is -2.27. The summed E-state index contributed by atoms with van der Waals surface area (Å²) in [6.07, 6.45) is 1.22. The fraction of sp³-hybridized carbons (Fsp3) is 0.462. The molecule has 2 N–H and O–H groups in total. The molecule has 1 aromatic rings. The number of hydrogen-bond acceptors (Lipinski definition) is 2. The minimum absolute atomic E-state index is 0. The van der Waals surface area contributed by atoms with Crippen molar-refractivity contribution in [2.45, 2.75) is 32.4 Å². The topological polar surface area (TPSA) is 46.3 Å². The van der Waals surface area contributed by atoms with Crippen molar-refractivity contribution in [2.24, 2.45) is 5.73 Å². The van der Waals surface area contributed by atoms with Gasteiger partial charge in [0.15, 0.2) is 0 Å². The maximum Gasteiger partial charge on any atom is 0.222 e. The van der Waals surface area contributed by atoms with Gasteiger partial charge in [-0.2, -0.15) is 0 Å². The second kappa shape index (κ2) is 8.35. The molecule has 1 atom stereocenters. The predicted molar refractivity (Wildman–Crippen MR) is 78.1 cm³/mol. The first kappa shape index (κ1) is 17.2. The summed E-state index contributed by atoms with van der Waals surface area (Å²) in [6.45, 7) is 2.49. The zero-order chi connectivity index (χ0) is 12.8. The highest BCUT2D eigenvalue weighted by molar-refractivity contribution is 6.30. The molecule has 1 unspecified atom stereocenters. The molecule has 1 aromatic carbocycles. The molecule has 0 bridgehead atoms. The van der Waals surface area contributed by atoms with E-state index in [9.17, 15) is 4.79 Å². The summed E-state index contributed by atoms with van der Waals surface area (Å²) in [7, 11) is 1.80. The molecule has 0 aromatic heterocycles. The van der Waals surface area contributed by atoms with Crippen LogP contribution in [-0.4, -0.2) is 23.9 Å². The number of carbonyl (C=O) groups excluding carboxylic acids is 1. The Balaban J connectivity index is 0.00000289. The van der Waals surface area contributed by atoms with E-state index in [0.717, 1.165) is 12.0 Å². The number of nitrogens with zero attached hydrogens (tertiary/aromatic N) is 1. The number of carbonyl (C=O) groups is 1. The van der Waals surface area contributed by atoms with Crippen LogP contribution in [0.4, 0.5) is 0 Å². The first-order chi connectivity index (χ1) is 7.99. The van der Waals surface area contributed by atoms with E-state index in [-0.39, 0.29) is 24.4 Å². The quantitative estimate of drug-likeness (QED) is 0.906. The predicted octanol–water partition coefficient (Wildman–Crippen LogP) is 2.85. The summed E-state index contributed by atoms with van der Waals surface area (Å²) in [4.78, 5) is 13.5. The molecule has 18 heavy (non-hydrogen) atoms. The zero-order valence-corrected chi connectivity index (χ0v) is 12.3. The normalized spacial score (nSPS) is 11.6. The average Bonchev–Trinajstić information content (AvgIpc) is 2.25. The molecule has 3 nitrogen and oxygen atoms in total. The van der Waals surface area contributed by atoms with Crippen molar-refractivity contribution < 1.29 is 4.79 Å². The number of hydrogen-bond donors (Lipinski definition) is 1. The third-order valence-electron chi connectivity index (χ3n) is 2.55. The summed E-state index contributed by atoms with van der Waals surface area (Å²) in [5.74, 6) is 0.113. The molecule has 0 heterocycles. The summed E-state index contributed by atoms with van der Waals surface area (Å²) < 4.78 is 0. The third-order valence-corrected chi connectivity index (χ3v) is 2.78. The molecular formula is C13H20Cl2N2O. The van der Waals surface area contributed by atoms with Crippen molar-refractivity contribution in [1.82, 2.24) is 4.90 Å². The van der Waals surface area contributed by atoms with Gasteiger partial charge in [0, 0.05) is 31.1 Å². The molecule has 0 fully saturated rings. The van der Waals surface area contributed by atoms with E-state index in [1.807, 2.05) is 31.2 Å². The largest absolute Gasteiger partial charge is 0.341 e. The van der Waals surface area contributed by atoms with Gasteiger partial charge in [-0.25, -0.2) is 0 Å². The molecule has 0 aliphatic carbocycles. The highest BCUT2D eigenvalue weighted by atomic mass is 35.5. The van der Waals surface area contributed by atoms with E-state index < -0.39 is 0 Å². The van der Waals surface area contributed by atoms with Crippen molar-refractivity contribution in [3.05, 3.63) is 34.9 Å². The van der Waals surface area contributed by atoms with Crippen molar-refractivity contribution in [1.29, 1.82) is 0 Å². The lowest BCUT2D eigenvalue weighted by molar-refractivity contribution is -0.130. The third kappa shape index (κ3) is 6.24. The van der Waals surface area contributed by atoms with Gasteiger partial charge in [-0.15, -0.1) is 12.4 Å². The van der Waals surface area contributed by atoms with Gasteiger partial charge in [-0.05, 0) is 31.0 Å². The first-order valence-corrected chi connectivity index (χ1v) is 6.11. The van der Waals surface area contributed by atoms with Crippen LogP contribution in [0.2, 0.25) is 5.02 Å². The molecule has 0 radical (unpaired) electrons. The van der Waals surface area contributed by atoms with Gasteiger partial charge in [-0.3, -0.25) is 4.79 Å². The Bertz CT molecular complexity index is 383. The van der Waals surface area contributed by atoms with Crippen LogP contribution in [0.1, 0.15) is 25.3 Å². The van der Waals surface area contributed by atoms with Gasteiger partial charge >= 0.3 is 0 Å². The molecule has 5 heteroatoms. The van der Waals surface area contributed by atoms with E-state index in [2.05, 4.69) is 0 Å². The number of rotatable bonds is 5. The summed E-state index contributed by atoms with van der Waals surface area (Å²) >= 11 is 5.89. The lowest BCUT2D eigenvalue weighted by Gasteiger charge is -2.18. The minimum Gasteiger partial charge on any atom is -0.341 e. The molecule has 0 aliphatic rings. The molecule has 1 amide bonds. The molecular weight excluding hydrogens is 271 g/mol. The first-order valence-electron chi connectivity index (χ1n) is 5.73. The van der Waals surface area contributed by atoms with Crippen LogP contribution >= 0.6 is 24.0 Å². The average molecular weight is 291 g/mol. The van der Waals surface area contributed by atoms with Gasteiger partial charge < -0.3 is 10.6 Å². The minimum atomic E-state index is 0. The number of benzene rings is 1. The Morgan fingerprint density at radius 2 is 2.17 bits per heavy atom. The van der Waals surface area contributed by atoms with E-state index in [1.165, 1.54) is 0 Å². The molecule has 0 spiro atoms. The summed E-state index contributed by atoms with van der Waals surface area (Å²) in [6, 6.07) is 7.61. The number of halogens is 2. The fourth-order valence-corrected chi connectivity index (χ4v) is 1.75. The van der Waals surface area contributed by atoms with Gasteiger partial charge in [0.1, 0.15) is 0 Å². The van der Waals surface area contributed by atoms with Crippen molar-refractivity contribution >= 4 is 29.9 Å². The second-order valence-electron chi connectivity index (χ2n) is 4.40. The SMILES string of the molecule is CC(N)CCC(=O)N(C)Cc1cccc(Cl)c1.Cl. The highest BCUT2D eigenvalue weighted by Gasteiger charge is 2.10. The standard InChI is InChI=1S/C13H19ClN2O.ClH/c1-10(15)6-7-13(17)16(2)9-11-4-3-5-12(14)8-11;/h3-5,8,10H,6-7,9,15H2,1-2H3;1H. The van der Waals surface area contributed by atoms with Gasteiger partial charge in [0.25, 0.3) is 0 Å². The Hall–Kier alpha value is -0.770. The van der Waals surface area contributed by atoms with Crippen molar-refractivity contribution in [2.75, 3.05) is 7.05 Å². The van der Waals surface area contributed by atoms with Gasteiger partial charge in [0.05, 0.1) is 0 Å². The summed E-state index contributed by atoms with van der Waals surface area (Å²) in [5, 5.41) is 0.693. The highest BCUT2D eigenvalue weighted by Crippen LogP contribution is 2.12. The Kier molecular flexibility index (Phi) is 8.00. The Labute approximate surface area is 120 Å². The molecule has 102 valence electrons. The molecule has 0 saturated carbocycles. The van der Waals surface area contributed by atoms with E-state index in [4.69, 9.17) is 17.3 Å². The number of nitrogens with two attached hydrogens (primary N) is 1. The van der Waals surface area contributed by atoms with Crippen LogP contribution in [-0.2, 0) is 11.3 Å². The van der Waals surface area contributed by atoms with Crippen LogP contribution in [0.5, 0.6) is 0 Å². The van der Waals surface area contributed by atoms with Gasteiger partial charge in [-0.1, -0.05) is 23.7 Å². The fourth-order valence-electron chi connectivity index (χ4n) is 1.54. The molecule has 0 saturated heterocycles. The summed E-state index contributed by atoms with van der Waals surface area (Å²) in [5.41, 5.74) is 6.66. The van der Waals surface area contributed by atoms with Crippen LogP contribution in [0, 0.1) is 0 Å². The monoisotopic (exact) mass is 290 g/mol. The van der Waals surface area contributed by atoms with Crippen molar-refractivity contribution in [3.63, 3.8) is 0 Å². The number of amides is 1. The van der Waals surface area contributed by atoms with Crippen LogP contribution < -0.4 is 5.73 Å². The van der Waals surface area contributed by atoms with E-state index >= 15 is 0 Å². The van der Waals surface area contributed by atoms with Crippen LogP contribution in [0.15, 0.2) is 24.3 Å². The maximum absolute atomic E-state index is 11.8. The maximum atomic E-state index is 11.8.